The Hall–Kier alpha value is -2.22. The first-order chi connectivity index (χ1) is 9.54. The van der Waals surface area contributed by atoms with Gasteiger partial charge in [-0.25, -0.2) is 0 Å². The van der Waals surface area contributed by atoms with Crippen molar-refractivity contribution in [2.24, 2.45) is 0 Å². The molecule has 0 radical (unpaired) electrons. The Morgan fingerprint density at radius 1 is 0.950 bits per heavy atom. The summed E-state index contributed by atoms with van der Waals surface area (Å²) in [5.41, 5.74) is 4.43. The molecule has 0 bridgehead atoms. The van der Waals surface area contributed by atoms with Gasteiger partial charge in [-0.05, 0) is 35.2 Å². The fourth-order valence-electron chi connectivity index (χ4n) is 2.27. The van der Waals surface area contributed by atoms with Crippen LogP contribution in [0.25, 0.3) is 11.0 Å². The zero-order chi connectivity index (χ0) is 14.2. The van der Waals surface area contributed by atoms with Crippen molar-refractivity contribution in [1.82, 2.24) is 0 Å². The van der Waals surface area contributed by atoms with Crippen LogP contribution in [0.4, 0.5) is 11.4 Å². The summed E-state index contributed by atoms with van der Waals surface area (Å²) < 4.78 is 5.63. The van der Waals surface area contributed by atoms with Gasteiger partial charge >= 0.3 is 0 Å². The fourth-order valence-corrected chi connectivity index (χ4v) is 2.27. The second-order valence-electron chi connectivity index (χ2n) is 6.10. The minimum atomic E-state index is 0.134. The van der Waals surface area contributed by atoms with E-state index in [-0.39, 0.29) is 5.41 Å². The third-order valence-electron chi connectivity index (χ3n) is 3.49. The van der Waals surface area contributed by atoms with E-state index in [2.05, 4.69) is 38.2 Å². The van der Waals surface area contributed by atoms with Crippen LogP contribution in [0.1, 0.15) is 26.3 Å². The first kappa shape index (κ1) is 12.8. The molecule has 0 aliphatic heterocycles. The van der Waals surface area contributed by atoms with Crippen molar-refractivity contribution < 1.29 is 4.42 Å². The van der Waals surface area contributed by atoms with Gasteiger partial charge in [-0.3, -0.25) is 0 Å². The molecule has 1 aromatic heterocycles. The molecule has 0 saturated heterocycles. The molecule has 0 saturated carbocycles. The summed E-state index contributed by atoms with van der Waals surface area (Å²) in [5, 5.41) is 4.54. The smallest absolute Gasteiger partial charge is 0.136 e. The maximum absolute atomic E-state index is 5.63. The maximum Gasteiger partial charge on any atom is 0.136 e. The first-order valence-electron chi connectivity index (χ1n) is 6.88. The van der Waals surface area contributed by atoms with E-state index < -0.39 is 0 Å². The standard InChI is InChI=1S/C18H19NO/c1-18(2,3)13-9-10-17-15(11-13)16(12-20-17)19-14-7-5-4-6-8-14/h4-12,19H,1-3H3. The zero-order valence-corrected chi connectivity index (χ0v) is 12.1. The average molecular weight is 265 g/mol. The topological polar surface area (TPSA) is 25.2 Å². The minimum absolute atomic E-state index is 0.134. The molecule has 1 N–H and O–H groups in total. The van der Waals surface area contributed by atoms with Gasteiger partial charge in [-0.15, -0.1) is 0 Å². The van der Waals surface area contributed by atoms with Crippen LogP contribution >= 0.6 is 0 Å². The van der Waals surface area contributed by atoms with E-state index in [0.717, 1.165) is 22.3 Å². The van der Waals surface area contributed by atoms with E-state index in [1.54, 1.807) is 6.26 Å². The largest absolute Gasteiger partial charge is 0.462 e. The predicted octanol–water partition coefficient (Wildman–Crippen LogP) is 5.47. The van der Waals surface area contributed by atoms with Crippen LogP contribution in [-0.2, 0) is 5.41 Å². The molecule has 2 heteroatoms. The highest BCUT2D eigenvalue weighted by atomic mass is 16.3. The summed E-state index contributed by atoms with van der Waals surface area (Å²) in [4.78, 5) is 0. The summed E-state index contributed by atoms with van der Waals surface area (Å²) in [6.07, 6.45) is 1.78. The van der Waals surface area contributed by atoms with Crippen LogP contribution in [0.2, 0.25) is 0 Å². The Morgan fingerprint density at radius 2 is 1.70 bits per heavy atom. The van der Waals surface area contributed by atoms with Gasteiger partial charge < -0.3 is 9.73 Å². The van der Waals surface area contributed by atoms with Gasteiger partial charge in [-0.2, -0.15) is 0 Å². The lowest BCUT2D eigenvalue weighted by atomic mass is 9.86. The molecule has 0 fully saturated rings. The number of fused-ring (bicyclic) bond motifs is 1. The van der Waals surface area contributed by atoms with Crippen LogP contribution in [0.5, 0.6) is 0 Å². The average Bonchev–Trinajstić information content (AvgIpc) is 2.82. The summed E-state index contributed by atoms with van der Waals surface area (Å²) in [6.45, 7) is 6.66. The molecule has 0 aliphatic carbocycles. The normalized spacial score (nSPS) is 11.8. The first-order valence-corrected chi connectivity index (χ1v) is 6.88. The van der Waals surface area contributed by atoms with Gasteiger partial charge in [-0.1, -0.05) is 45.0 Å². The van der Waals surface area contributed by atoms with E-state index >= 15 is 0 Å². The highest BCUT2D eigenvalue weighted by molar-refractivity contribution is 5.93. The number of benzene rings is 2. The molecule has 2 nitrogen and oxygen atoms in total. The van der Waals surface area contributed by atoms with E-state index in [9.17, 15) is 0 Å². The fraction of sp³-hybridized carbons (Fsp3) is 0.222. The van der Waals surface area contributed by atoms with Crippen molar-refractivity contribution in [1.29, 1.82) is 0 Å². The molecule has 1 heterocycles. The maximum atomic E-state index is 5.63. The molecule has 0 unspecified atom stereocenters. The van der Waals surface area contributed by atoms with Crippen LogP contribution in [0.15, 0.2) is 59.2 Å². The van der Waals surface area contributed by atoms with Crippen LogP contribution in [0, 0.1) is 0 Å². The molecule has 2 aromatic carbocycles. The van der Waals surface area contributed by atoms with Gasteiger partial charge in [0.25, 0.3) is 0 Å². The summed E-state index contributed by atoms with van der Waals surface area (Å²) in [5.74, 6) is 0. The van der Waals surface area contributed by atoms with Gasteiger partial charge in [0.05, 0.1) is 5.69 Å². The Kier molecular flexibility index (Phi) is 3.01. The third-order valence-corrected chi connectivity index (χ3v) is 3.49. The molecule has 3 rings (SSSR count). The molecule has 0 atom stereocenters. The second kappa shape index (κ2) is 4.71. The van der Waals surface area contributed by atoms with E-state index in [0.29, 0.717) is 0 Å². The van der Waals surface area contributed by atoms with Crippen LogP contribution in [-0.4, -0.2) is 0 Å². The number of anilines is 2. The Morgan fingerprint density at radius 3 is 2.40 bits per heavy atom. The van der Waals surface area contributed by atoms with E-state index in [1.807, 2.05) is 36.4 Å². The van der Waals surface area contributed by atoms with Gasteiger partial charge in [0, 0.05) is 11.1 Å². The zero-order valence-electron chi connectivity index (χ0n) is 12.1. The number of rotatable bonds is 2. The number of hydrogen-bond donors (Lipinski definition) is 1. The second-order valence-corrected chi connectivity index (χ2v) is 6.10. The highest BCUT2D eigenvalue weighted by Crippen LogP contribution is 2.32. The predicted molar refractivity (Wildman–Crippen MR) is 84.6 cm³/mol. The lowest BCUT2D eigenvalue weighted by molar-refractivity contribution is 0.589. The number of nitrogens with one attached hydrogen (secondary N) is 1. The molecule has 0 spiro atoms. The summed E-state index contributed by atoms with van der Waals surface area (Å²) >= 11 is 0. The van der Waals surface area contributed by atoms with Gasteiger partial charge in [0.2, 0.25) is 0 Å². The van der Waals surface area contributed by atoms with Gasteiger partial charge in [0.15, 0.2) is 0 Å². The van der Waals surface area contributed by atoms with Crippen molar-refractivity contribution >= 4 is 22.3 Å². The number of hydrogen-bond acceptors (Lipinski definition) is 2. The van der Waals surface area contributed by atoms with Crippen molar-refractivity contribution in [3.05, 3.63) is 60.4 Å². The SMILES string of the molecule is CC(C)(C)c1ccc2occ(Nc3ccccc3)c2c1. The van der Waals surface area contributed by atoms with Crippen LogP contribution in [0.3, 0.4) is 0 Å². The molecule has 0 amide bonds. The Bertz CT molecular complexity index is 720. The lowest BCUT2D eigenvalue weighted by Gasteiger charge is -2.18. The van der Waals surface area contributed by atoms with Crippen LogP contribution < -0.4 is 5.32 Å². The minimum Gasteiger partial charge on any atom is -0.462 e. The molecule has 0 aliphatic rings. The Balaban J connectivity index is 2.03. The monoisotopic (exact) mass is 265 g/mol. The number of furan rings is 1. The highest BCUT2D eigenvalue weighted by Gasteiger charge is 2.16. The van der Waals surface area contributed by atoms with Crippen molar-refractivity contribution in [2.45, 2.75) is 26.2 Å². The van der Waals surface area contributed by atoms with Crippen molar-refractivity contribution in [3.8, 4) is 0 Å². The lowest BCUT2D eigenvalue weighted by Crippen LogP contribution is -2.10. The van der Waals surface area contributed by atoms with Crippen molar-refractivity contribution in [3.63, 3.8) is 0 Å². The Labute approximate surface area is 119 Å². The molecule has 3 aromatic rings. The summed E-state index contributed by atoms with van der Waals surface area (Å²) in [6, 6.07) is 16.5. The van der Waals surface area contributed by atoms with E-state index in [4.69, 9.17) is 4.42 Å². The number of para-hydroxylation sites is 1. The molecular formula is C18H19NO. The molecule has 102 valence electrons. The quantitative estimate of drug-likeness (QED) is 0.664. The van der Waals surface area contributed by atoms with Gasteiger partial charge in [0.1, 0.15) is 11.8 Å². The third kappa shape index (κ3) is 2.42. The molecular weight excluding hydrogens is 246 g/mol. The van der Waals surface area contributed by atoms with E-state index in [1.165, 1.54) is 5.56 Å². The molecule has 20 heavy (non-hydrogen) atoms. The van der Waals surface area contributed by atoms with Crippen molar-refractivity contribution in [2.75, 3.05) is 5.32 Å². The summed E-state index contributed by atoms with van der Waals surface area (Å²) in [7, 11) is 0.